The van der Waals surface area contributed by atoms with Crippen LogP contribution in [0.1, 0.15) is 42.5 Å². The molecule has 140 valence electrons. The summed E-state index contributed by atoms with van der Waals surface area (Å²) in [5.74, 6) is -0.118. The van der Waals surface area contributed by atoms with Crippen LogP contribution in [-0.4, -0.2) is 47.0 Å². The topological polar surface area (TPSA) is 52.6 Å². The van der Waals surface area contributed by atoms with Gasteiger partial charge in [-0.1, -0.05) is 11.9 Å². The van der Waals surface area contributed by atoms with Gasteiger partial charge in [0.1, 0.15) is 0 Å². The van der Waals surface area contributed by atoms with Crippen LogP contribution in [0.25, 0.3) is 0 Å². The number of hydrogen-bond donors (Lipinski definition) is 2. The lowest BCUT2D eigenvalue weighted by atomic mass is 9.86. The van der Waals surface area contributed by atoms with E-state index in [4.69, 9.17) is 0 Å². The molecule has 0 bridgehead atoms. The molecule has 0 aliphatic carbocycles. The Hall–Kier alpha value is -1.41. The summed E-state index contributed by atoms with van der Waals surface area (Å²) in [4.78, 5) is 14.1. The summed E-state index contributed by atoms with van der Waals surface area (Å²) in [7, 11) is 0. The van der Waals surface area contributed by atoms with Crippen LogP contribution in [0.2, 0.25) is 0 Å². The first kappa shape index (κ1) is 19.9. The zero-order valence-electron chi connectivity index (χ0n) is 14.1. The Morgan fingerprint density at radius 1 is 1.28 bits per heavy atom. The number of aliphatic hydroxyl groups is 1. The number of nitrogens with one attached hydrogen (secondary N) is 1. The highest BCUT2D eigenvalue weighted by atomic mass is 32.2. The first-order chi connectivity index (χ1) is 11.7. The van der Waals surface area contributed by atoms with Crippen molar-refractivity contribution in [2.45, 2.75) is 43.9 Å². The number of carbonyl (C=O) groups excluding carboxylic acids is 1. The van der Waals surface area contributed by atoms with Crippen LogP contribution < -0.4 is 4.72 Å². The summed E-state index contributed by atoms with van der Waals surface area (Å²) >= 11 is 1.46. The third-order valence-corrected chi connectivity index (χ3v) is 4.88. The van der Waals surface area contributed by atoms with Crippen molar-refractivity contribution < 1.29 is 23.1 Å². The number of amides is 1. The van der Waals surface area contributed by atoms with Gasteiger partial charge in [0.25, 0.3) is 5.91 Å². The summed E-state index contributed by atoms with van der Waals surface area (Å²) in [5.41, 5.74) is 0.365. The molecule has 0 saturated carbocycles. The summed E-state index contributed by atoms with van der Waals surface area (Å²) in [5, 5.41) is 10.4. The van der Waals surface area contributed by atoms with Gasteiger partial charge >= 0.3 is 6.18 Å². The highest BCUT2D eigenvalue weighted by molar-refractivity contribution is 7.99. The van der Waals surface area contributed by atoms with Crippen molar-refractivity contribution in [2.75, 3.05) is 24.1 Å². The maximum atomic E-state index is 12.5. The van der Waals surface area contributed by atoms with Gasteiger partial charge in [0, 0.05) is 37.0 Å². The predicted molar refractivity (Wildman–Crippen MR) is 93.6 cm³/mol. The molecule has 0 aromatic heterocycles. The molecular weight excluding hydrogens is 353 g/mol. The lowest BCUT2D eigenvalue weighted by Crippen LogP contribution is -2.46. The van der Waals surface area contributed by atoms with Crippen LogP contribution >= 0.6 is 11.9 Å². The number of carbonyl (C=O) groups is 1. The first-order valence-electron chi connectivity index (χ1n) is 8.20. The minimum absolute atomic E-state index is 0.0855. The minimum Gasteiger partial charge on any atom is -0.390 e. The van der Waals surface area contributed by atoms with Crippen LogP contribution in [0, 0.1) is 0 Å². The van der Waals surface area contributed by atoms with Crippen LogP contribution in [0.15, 0.2) is 24.3 Å². The molecule has 8 heteroatoms. The fourth-order valence-corrected chi connectivity index (χ4v) is 3.35. The summed E-state index contributed by atoms with van der Waals surface area (Å²) in [6, 6.07) is 7.12. The van der Waals surface area contributed by atoms with Gasteiger partial charge in [-0.25, -0.2) is 0 Å². The van der Waals surface area contributed by atoms with Crippen LogP contribution in [-0.2, 0) is 0 Å². The molecule has 1 aromatic carbocycles. The molecule has 2 N–H and O–H groups in total. The molecule has 0 atom stereocenters. The Morgan fingerprint density at radius 2 is 1.88 bits per heavy atom. The Kier molecular flexibility index (Phi) is 6.62. The predicted octanol–water partition coefficient (Wildman–Crippen LogP) is 4.08. The molecule has 0 spiro atoms. The molecule has 0 unspecified atom stereocenters. The second-order valence-electron chi connectivity index (χ2n) is 6.37. The van der Waals surface area contributed by atoms with Gasteiger partial charge in [0.05, 0.1) is 5.60 Å². The van der Waals surface area contributed by atoms with Gasteiger partial charge in [-0.05, 0) is 49.9 Å². The first-order valence-corrected chi connectivity index (χ1v) is 9.42. The van der Waals surface area contributed by atoms with Gasteiger partial charge in [-0.15, -0.1) is 0 Å². The average molecular weight is 376 g/mol. The third kappa shape index (κ3) is 6.11. The quantitative estimate of drug-likeness (QED) is 0.735. The van der Waals surface area contributed by atoms with E-state index in [2.05, 4.69) is 4.72 Å². The Balaban J connectivity index is 1.85. The summed E-state index contributed by atoms with van der Waals surface area (Å²) in [6.45, 7) is 0.707. The number of hydrogen-bond acceptors (Lipinski definition) is 4. The minimum atomic E-state index is -4.19. The van der Waals surface area contributed by atoms with Crippen molar-refractivity contribution in [3.63, 3.8) is 0 Å². The second-order valence-corrected chi connectivity index (χ2v) is 6.98. The zero-order chi connectivity index (χ0) is 18.5. The van der Waals surface area contributed by atoms with Crippen molar-refractivity contribution in [2.24, 2.45) is 0 Å². The number of benzene rings is 1. The van der Waals surface area contributed by atoms with E-state index in [1.54, 1.807) is 17.0 Å². The van der Waals surface area contributed by atoms with E-state index < -0.39 is 18.2 Å². The van der Waals surface area contributed by atoms with E-state index in [0.717, 1.165) is 5.69 Å². The molecule has 4 nitrogen and oxygen atoms in total. The molecule has 1 amide bonds. The highest BCUT2D eigenvalue weighted by Gasteiger charge is 2.35. The van der Waals surface area contributed by atoms with E-state index in [1.807, 2.05) is 18.4 Å². The Labute approximate surface area is 149 Å². The molecule has 1 saturated heterocycles. The maximum absolute atomic E-state index is 12.5. The normalized spacial score (nSPS) is 17.4. The van der Waals surface area contributed by atoms with Gasteiger partial charge in [0.2, 0.25) is 0 Å². The lowest BCUT2D eigenvalue weighted by Gasteiger charge is -2.38. The van der Waals surface area contributed by atoms with Gasteiger partial charge < -0.3 is 14.7 Å². The number of likely N-dealkylation sites (tertiary alicyclic amines) is 1. The van der Waals surface area contributed by atoms with Crippen molar-refractivity contribution >= 4 is 23.5 Å². The van der Waals surface area contributed by atoms with Crippen molar-refractivity contribution in [1.29, 1.82) is 0 Å². The standard InChI is InChI=1S/C17H23F3N2O2S/c1-25-21-14-5-3-13(4-6-14)15(23)22-11-9-16(24,10-12-22)7-2-8-17(18,19)20/h3-6,21,24H,2,7-12H2,1H3. The fraction of sp³-hybridized carbons (Fsp3) is 0.588. The molecule has 1 aliphatic heterocycles. The van der Waals surface area contributed by atoms with Crippen LogP contribution in [0.4, 0.5) is 18.9 Å². The number of alkyl halides is 3. The Bertz CT molecular complexity index is 570. The monoisotopic (exact) mass is 376 g/mol. The van der Waals surface area contributed by atoms with Crippen LogP contribution in [0.3, 0.4) is 0 Å². The summed E-state index contributed by atoms with van der Waals surface area (Å²) < 4.78 is 39.8. The van der Waals surface area contributed by atoms with Gasteiger partial charge in [-0.3, -0.25) is 4.79 Å². The van der Waals surface area contributed by atoms with Gasteiger partial charge in [-0.2, -0.15) is 13.2 Å². The van der Waals surface area contributed by atoms with Crippen molar-refractivity contribution in [3.05, 3.63) is 29.8 Å². The fourth-order valence-electron chi connectivity index (χ4n) is 2.98. The van der Waals surface area contributed by atoms with E-state index in [9.17, 15) is 23.1 Å². The number of halogens is 3. The van der Waals surface area contributed by atoms with E-state index in [1.165, 1.54) is 11.9 Å². The van der Waals surface area contributed by atoms with E-state index in [-0.39, 0.29) is 18.7 Å². The SMILES string of the molecule is CSNc1ccc(C(=O)N2CCC(O)(CCCC(F)(F)F)CC2)cc1. The number of piperidine rings is 1. The summed E-state index contributed by atoms with van der Waals surface area (Å²) in [6.07, 6.45) is -2.52. The number of anilines is 1. The van der Waals surface area contributed by atoms with E-state index in [0.29, 0.717) is 31.5 Å². The highest BCUT2D eigenvalue weighted by Crippen LogP contribution is 2.31. The van der Waals surface area contributed by atoms with Gasteiger partial charge in [0.15, 0.2) is 0 Å². The number of nitrogens with zero attached hydrogens (tertiary/aromatic N) is 1. The van der Waals surface area contributed by atoms with E-state index >= 15 is 0 Å². The molecule has 1 aliphatic rings. The molecule has 25 heavy (non-hydrogen) atoms. The molecule has 0 radical (unpaired) electrons. The molecular formula is C17H23F3N2O2S. The Morgan fingerprint density at radius 3 is 2.40 bits per heavy atom. The van der Waals surface area contributed by atoms with Crippen molar-refractivity contribution in [3.8, 4) is 0 Å². The van der Waals surface area contributed by atoms with Crippen LogP contribution in [0.5, 0.6) is 0 Å². The second kappa shape index (κ2) is 8.31. The maximum Gasteiger partial charge on any atom is 0.389 e. The van der Waals surface area contributed by atoms with Crippen molar-refractivity contribution in [1.82, 2.24) is 4.90 Å². The molecule has 1 fully saturated rings. The third-order valence-electron chi connectivity index (χ3n) is 4.44. The molecule has 1 heterocycles. The zero-order valence-corrected chi connectivity index (χ0v) is 14.9. The molecule has 1 aromatic rings. The lowest BCUT2D eigenvalue weighted by molar-refractivity contribution is -0.138. The smallest absolute Gasteiger partial charge is 0.389 e. The molecule has 2 rings (SSSR count). The largest absolute Gasteiger partial charge is 0.390 e. The number of rotatable bonds is 6. The average Bonchev–Trinajstić information content (AvgIpc) is 2.55.